The van der Waals surface area contributed by atoms with E-state index >= 15 is 0 Å². The molecule has 0 unspecified atom stereocenters. The summed E-state index contributed by atoms with van der Waals surface area (Å²) in [6, 6.07) is 10.0. The highest BCUT2D eigenvalue weighted by Crippen LogP contribution is 2.29. The Hall–Kier alpha value is -3.07. The van der Waals surface area contributed by atoms with Gasteiger partial charge in [-0.2, -0.15) is 0 Å². The molecule has 1 aromatic carbocycles. The number of hydrogen-bond acceptors (Lipinski definition) is 6. The van der Waals surface area contributed by atoms with Crippen LogP contribution in [0.4, 0.5) is 5.69 Å². The predicted octanol–water partition coefficient (Wildman–Crippen LogP) is 2.93. The van der Waals surface area contributed by atoms with Crippen LogP contribution in [-0.2, 0) is 16.6 Å². The molecule has 3 rings (SSSR count). The molecule has 0 saturated heterocycles. The third-order valence-electron chi connectivity index (χ3n) is 3.86. The molecule has 0 atom stereocenters. The van der Waals surface area contributed by atoms with Crippen molar-refractivity contribution in [1.82, 2.24) is 10.3 Å². The Morgan fingerprint density at radius 3 is 2.67 bits per heavy atom. The highest BCUT2D eigenvalue weighted by molar-refractivity contribution is 7.92. The number of nitrogens with one attached hydrogen (secondary N) is 2. The van der Waals surface area contributed by atoms with Gasteiger partial charge in [-0.05, 0) is 38.1 Å². The third-order valence-corrected chi connectivity index (χ3v) is 5.15. The monoisotopic (exact) mass is 389 g/mol. The summed E-state index contributed by atoms with van der Waals surface area (Å²) in [5.41, 5.74) is 1.44. The van der Waals surface area contributed by atoms with E-state index in [4.69, 9.17) is 8.83 Å². The van der Waals surface area contributed by atoms with Crippen molar-refractivity contribution >= 4 is 21.6 Å². The maximum atomic E-state index is 12.0. The van der Waals surface area contributed by atoms with Gasteiger partial charge < -0.3 is 14.2 Å². The molecule has 0 bridgehead atoms. The summed E-state index contributed by atoms with van der Waals surface area (Å²) in [5.74, 6) is 0.591. The highest BCUT2D eigenvalue weighted by atomic mass is 32.2. The summed E-state index contributed by atoms with van der Waals surface area (Å²) in [7, 11) is -3.44. The number of carbonyl (C=O) groups excluding carboxylic acids is 1. The van der Waals surface area contributed by atoms with Crippen molar-refractivity contribution in [3.63, 3.8) is 0 Å². The minimum atomic E-state index is -3.44. The number of sulfonamides is 1. The van der Waals surface area contributed by atoms with E-state index in [0.29, 0.717) is 22.7 Å². The van der Waals surface area contributed by atoms with Crippen molar-refractivity contribution in [3.05, 3.63) is 59.9 Å². The van der Waals surface area contributed by atoms with Gasteiger partial charge >= 0.3 is 0 Å². The number of anilines is 1. The first-order valence-corrected chi connectivity index (χ1v) is 9.92. The topological polar surface area (TPSA) is 114 Å². The number of aryl methyl sites for hydroxylation is 1. The van der Waals surface area contributed by atoms with Gasteiger partial charge in [0.05, 0.1) is 29.8 Å². The first-order chi connectivity index (χ1) is 12.9. The van der Waals surface area contributed by atoms with Crippen LogP contribution < -0.4 is 10.0 Å². The Bertz CT molecular complexity index is 1040. The lowest BCUT2D eigenvalue weighted by molar-refractivity contribution is 0.0922. The number of aromatic nitrogens is 1. The van der Waals surface area contributed by atoms with E-state index < -0.39 is 10.0 Å². The fourth-order valence-corrected chi connectivity index (χ4v) is 3.02. The zero-order valence-corrected chi connectivity index (χ0v) is 15.7. The Balaban J connectivity index is 1.81. The molecule has 0 aliphatic carbocycles. The number of para-hydroxylation sites is 1. The number of oxazole rings is 1. The minimum absolute atomic E-state index is 0.0456. The van der Waals surface area contributed by atoms with Gasteiger partial charge in [0, 0.05) is 0 Å². The molecule has 0 saturated carbocycles. The van der Waals surface area contributed by atoms with Crippen molar-refractivity contribution in [2.45, 2.75) is 20.4 Å². The van der Waals surface area contributed by atoms with Crippen molar-refractivity contribution in [1.29, 1.82) is 0 Å². The number of furan rings is 1. The molecule has 142 valence electrons. The van der Waals surface area contributed by atoms with Gasteiger partial charge in [0.2, 0.25) is 15.9 Å². The predicted molar refractivity (Wildman–Crippen MR) is 99.6 cm³/mol. The van der Waals surface area contributed by atoms with Gasteiger partial charge in [0.25, 0.3) is 5.91 Å². The molecule has 3 aromatic rings. The van der Waals surface area contributed by atoms with Gasteiger partial charge in [0.15, 0.2) is 5.76 Å². The van der Waals surface area contributed by atoms with Crippen molar-refractivity contribution in [3.8, 4) is 11.5 Å². The van der Waals surface area contributed by atoms with E-state index in [0.717, 1.165) is 0 Å². The van der Waals surface area contributed by atoms with Crippen LogP contribution in [0.15, 0.2) is 51.5 Å². The van der Waals surface area contributed by atoms with Crippen molar-refractivity contribution in [2.75, 3.05) is 10.5 Å². The Labute approximate surface area is 156 Å². The Morgan fingerprint density at radius 1 is 1.19 bits per heavy atom. The quantitative estimate of drug-likeness (QED) is 0.642. The first kappa shape index (κ1) is 18.7. The van der Waals surface area contributed by atoms with E-state index in [2.05, 4.69) is 15.0 Å². The van der Waals surface area contributed by atoms with Crippen LogP contribution in [0, 0.1) is 6.92 Å². The fourth-order valence-electron chi connectivity index (χ4n) is 2.36. The van der Waals surface area contributed by atoms with Crippen LogP contribution in [0.5, 0.6) is 0 Å². The van der Waals surface area contributed by atoms with Gasteiger partial charge in [-0.1, -0.05) is 12.1 Å². The first-order valence-electron chi connectivity index (χ1n) is 8.27. The number of nitrogens with zero attached hydrogens (tertiary/aromatic N) is 1. The second-order valence-corrected chi connectivity index (χ2v) is 7.74. The maximum absolute atomic E-state index is 12.0. The summed E-state index contributed by atoms with van der Waals surface area (Å²) < 4.78 is 37.0. The molecular weight excluding hydrogens is 370 g/mol. The largest absolute Gasteiger partial charge is 0.459 e. The summed E-state index contributed by atoms with van der Waals surface area (Å²) in [5, 5.41) is 2.70. The standard InChI is InChI=1S/C18H19N3O5S/c1-3-27(23,24)21-14-8-5-4-7-13(14)18-20-15(12(2)26-18)11-19-17(22)16-9-6-10-25-16/h4-10,21H,3,11H2,1-2H3,(H,19,22). The molecule has 8 nitrogen and oxygen atoms in total. The molecule has 2 aromatic heterocycles. The van der Waals surface area contributed by atoms with Gasteiger partial charge in [-0.15, -0.1) is 0 Å². The Kier molecular flexibility index (Phi) is 5.31. The molecule has 0 aliphatic rings. The summed E-state index contributed by atoms with van der Waals surface area (Å²) >= 11 is 0. The SMILES string of the molecule is CCS(=O)(=O)Nc1ccccc1-c1nc(CNC(=O)c2ccco2)c(C)o1. The van der Waals surface area contributed by atoms with Crippen LogP contribution in [0.1, 0.15) is 28.9 Å². The molecule has 0 radical (unpaired) electrons. The molecule has 0 spiro atoms. The molecule has 9 heteroatoms. The smallest absolute Gasteiger partial charge is 0.287 e. The number of hydrogen-bond donors (Lipinski definition) is 2. The second-order valence-electron chi connectivity index (χ2n) is 5.73. The van der Waals surface area contributed by atoms with Gasteiger partial charge in [-0.3, -0.25) is 9.52 Å². The zero-order valence-electron chi connectivity index (χ0n) is 14.9. The zero-order chi connectivity index (χ0) is 19.4. The molecule has 2 N–H and O–H groups in total. The van der Waals surface area contributed by atoms with E-state index in [-0.39, 0.29) is 29.9 Å². The number of amides is 1. The molecule has 1 amide bonds. The summed E-state index contributed by atoms with van der Waals surface area (Å²) in [4.78, 5) is 16.4. The van der Waals surface area contributed by atoms with Crippen molar-refractivity contribution < 1.29 is 22.0 Å². The highest BCUT2D eigenvalue weighted by Gasteiger charge is 2.18. The molecule has 0 fully saturated rings. The second kappa shape index (κ2) is 7.67. The molecule has 2 heterocycles. The molecule has 0 aliphatic heterocycles. The van der Waals surface area contributed by atoms with Crippen LogP contribution in [-0.4, -0.2) is 25.1 Å². The molecule has 27 heavy (non-hydrogen) atoms. The van der Waals surface area contributed by atoms with Crippen LogP contribution in [0.25, 0.3) is 11.5 Å². The number of rotatable bonds is 7. The molecular formula is C18H19N3O5S. The lowest BCUT2D eigenvalue weighted by atomic mass is 10.2. The van der Waals surface area contributed by atoms with Gasteiger partial charge in [0.1, 0.15) is 11.5 Å². The normalized spacial score (nSPS) is 11.3. The van der Waals surface area contributed by atoms with E-state index in [1.807, 2.05) is 0 Å². The van der Waals surface area contributed by atoms with Crippen LogP contribution in [0.2, 0.25) is 0 Å². The lowest BCUT2D eigenvalue weighted by Crippen LogP contribution is -2.22. The van der Waals surface area contributed by atoms with Crippen molar-refractivity contribution in [2.24, 2.45) is 0 Å². The van der Waals surface area contributed by atoms with Gasteiger partial charge in [-0.25, -0.2) is 13.4 Å². The Morgan fingerprint density at radius 2 is 1.96 bits per heavy atom. The van der Waals surface area contributed by atoms with E-state index in [9.17, 15) is 13.2 Å². The average Bonchev–Trinajstić information content (AvgIpc) is 3.30. The van der Waals surface area contributed by atoms with E-state index in [1.165, 1.54) is 6.26 Å². The third kappa shape index (κ3) is 4.37. The maximum Gasteiger partial charge on any atom is 0.287 e. The summed E-state index contributed by atoms with van der Waals surface area (Å²) in [6.45, 7) is 3.43. The average molecular weight is 389 g/mol. The number of benzene rings is 1. The fraction of sp³-hybridized carbons (Fsp3) is 0.222. The van der Waals surface area contributed by atoms with Crippen LogP contribution in [0.3, 0.4) is 0 Å². The lowest BCUT2D eigenvalue weighted by Gasteiger charge is -2.09. The minimum Gasteiger partial charge on any atom is -0.459 e. The van der Waals surface area contributed by atoms with E-state index in [1.54, 1.807) is 50.2 Å². The van der Waals surface area contributed by atoms with Crippen LogP contribution >= 0.6 is 0 Å². The summed E-state index contributed by atoms with van der Waals surface area (Å²) in [6.07, 6.45) is 1.42. The number of carbonyl (C=O) groups is 1.